The van der Waals surface area contributed by atoms with E-state index in [0.29, 0.717) is 23.7 Å². The predicted molar refractivity (Wildman–Crippen MR) is 67.1 cm³/mol. The van der Waals surface area contributed by atoms with Gasteiger partial charge < -0.3 is 9.88 Å². The zero-order chi connectivity index (χ0) is 12.4. The first-order valence-corrected chi connectivity index (χ1v) is 5.43. The van der Waals surface area contributed by atoms with E-state index in [2.05, 4.69) is 26.8 Å². The molecule has 2 aromatic rings. The lowest BCUT2D eigenvalue weighted by Crippen LogP contribution is -2.15. The molecule has 0 aliphatic carbocycles. The number of aryl methyl sites for hydroxylation is 1. The van der Waals surface area contributed by atoms with Gasteiger partial charge in [-0.25, -0.2) is 4.98 Å². The average molecular weight is 233 g/mol. The van der Waals surface area contributed by atoms with Gasteiger partial charge >= 0.3 is 0 Å². The number of aromatic amines is 1. The molecule has 0 unspecified atom stereocenters. The van der Waals surface area contributed by atoms with E-state index in [1.54, 1.807) is 17.9 Å². The molecule has 0 aliphatic rings. The molecule has 0 radical (unpaired) electrons. The maximum atomic E-state index is 11.8. The van der Waals surface area contributed by atoms with E-state index in [1.165, 1.54) is 0 Å². The second kappa shape index (κ2) is 4.40. The van der Waals surface area contributed by atoms with Crippen LogP contribution in [0.2, 0.25) is 0 Å². The molecule has 0 bridgehead atoms. The lowest BCUT2D eigenvalue weighted by atomic mass is 10.2. The zero-order valence-corrected chi connectivity index (χ0v) is 9.95. The van der Waals surface area contributed by atoms with Crippen molar-refractivity contribution >= 4 is 17.1 Å². The molecule has 0 saturated carbocycles. The third-order valence-corrected chi connectivity index (χ3v) is 2.59. The summed E-state index contributed by atoms with van der Waals surface area (Å²) in [6.45, 7) is 6.50. The Morgan fingerprint density at radius 3 is 3.12 bits per heavy atom. The highest BCUT2D eigenvalue weighted by Crippen LogP contribution is 2.06. The Morgan fingerprint density at radius 2 is 2.41 bits per heavy atom. The van der Waals surface area contributed by atoms with Crippen molar-refractivity contribution in [2.75, 3.05) is 11.9 Å². The van der Waals surface area contributed by atoms with Gasteiger partial charge in [-0.3, -0.25) is 9.78 Å². The number of rotatable bonds is 4. The summed E-state index contributed by atoms with van der Waals surface area (Å²) in [5.41, 5.74) is 1.78. The number of hydrogen-bond donors (Lipinski definition) is 2. The van der Waals surface area contributed by atoms with Crippen molar-refractivity contribution in [1.29, 1.82) is 0 Å². The number of nitrogens with one attached hydrogen (secondary N) is 2. The van der Waals surface area contributed by atoms with Gasteiger partial charge in [0.25, 0.3) is 5.56 Å². The van der Waals surface area contributed by atoms with Gasteiger partial charge in [0.15, 0.2) is 11.2 Å². The summed E-state index contributed by atoms with van der Waals surface area (Å²) in [5, 5.41) is 3.02. The fraction of sp³-hybridized carbons (Fsp3) is 0.364. The van der Waals surface area contributed by atoms with Crippen molar-refractivity contribution in [2.24, 2.45) is 7.05 Å². The van der Waals surface area contributed by atoms with Gasteiger partial charge in [0.1, 0.15) is 0 Å². The van der Waals surface area contributed by atoms with E-state index in [4.69, 9.17) is 0 Å². The molecule has 90 valence electrons. The van der Waals surface area contributed by atoms with Crippen molar-refractivity contribution < 1.29 is 0 Å². The SMILES string of the molecule is C=C(CC)CNc1nc2ncn(C)c2c(=O)[nH]1. The topological polar surface area (TPSA) is 75.6 Å². The molecule has 0 fully saturated rings. The van der Waals surface area contributed by atoms with Crippen LogP contribution in [0.4, 0.5) is 5.95 Å². The van der Waals surface area contributed by atoms with Gasteiger partial charge in [-0.05, 0) is 6.42 Å². The number of hydrogen-bond acceptors (Lipinski definition) is 4. The Labute approximate surface area is 98.4 Å². The van der Waals surface area contributed by atoms with E-state index in [0.717, 1.165) is 12.0 Å². The highest BCUT2D eigenvalue weighted by atomic mass is 16.1. The Bertz CT molecular complexity index is 610. The number of aromatic nitrogens is 4. The van der Waals surface area contributed by atoms with Crippen LogP contribution in [0.25, 0.3) is 11.2 Å². The van der Waals surface area contributed by atoms with Crippen LogP contribution in [-0.4, -0.2) is 26.1 Å². The Morgan fingerprint density at radius 1 is 1.65 bits per heavy atom. The highest BCUT2D eigenvalue weighted by molar-refractivity contribution is 5.70. The molecule has 0 aliphatic heterocycles. The summed E-state index contributed by atoms with van der Waals surface area (Å²) in [7, 11) is 1.76. The van der Waals surface area contributed by atoms with Crippen LogP contribution in [0.3, 0.4) is 0 Å². The fourth-order valence-corrected chi connectivity index (χ4v) is 1.48. The predicted octanol–water partition coefficient (Wildman–Crippen LogP) is 1.03. The lowest BCUT2D eigenvalue weighted by molar-refractivity contribution is 0.937. The molecule has 2 N–H and O–H groups in total. The minimum absolute atomic E-state index is 0.195. The lowest BCUT2D eigenvalue weighted by Gasteiger charge is -2.05. The van der Waals surface area contributed by atoms with Crippen LogP contribution in [0.5, 0.6) is 0 Å². The zero-order valence-electron chi connectivity index (χ0n) is 9.95. The molecule has 0 atom stereocenters. The molecule has 0 aromatic carbocycles. The summed E-state index contributed by atoms with van der Waals surface area (Å²) >= 11 is 0. The first-order valence-electron chi connectivity index (χ1n) is 5.43. The van der Waals surface area contributed by atoms with Crippen LogP contribution in [-0.2, 0) is 7.05 Å². The second-order valence-electron chi connectivity index (χ2n) is 3.90. The summed E-state index contributed by atoms with van der Waals surface area (Å²) in [6.07, 6.45) is 2.46. The third kappa shape index (κ3) is 2.20. The van der Waals surface area contributed by atoms with E-state index >= 15 is 0 Å². The average Bonchev–Trinajstić information content (AvgIpc) is 2.68. The molecule has 0 amide bonds. The first kappa shape index (κ1) is 11.4. The Kier molecular flexibility index (Phi) is 2.95. The van der Waals surface area contributed by atoms with Gasteiger partial charge in [0.05, 0.1) is 6.33 Å². The summed E-state index contributed by atoms with van der Waals surface area (Å²) in [5.74, 6) is 0.427. The quantitative estimate of drug-likeness (QED) is 0.773. The summed E-state index contributed by atoms with van der Waals surface area (Å²) < 4.78 is 1.65. The smallest absolute Gasteiger partial charge is 0.278 e. The molecular formula is C11H15N5O. The van der Waals surface area contributed by atoms with Crippen LogP contribution in [0.1, 0.15) is 13.3 Å². The summed E-state index contributed by atoms with van der Waals surface area (Å²) in [6, 6.07) is 0. The number of imidazole rings is 1. The van der Waals surface area contributed by atoms with Crippen LogP contribution < -0.4 is 10.9 Å². The van der Waals surface area contributed by atoms with Crippen molar-refractivity contribution in [3.05, 3.63) is 28.8 Å². The molecule has 0 spiro atoms. The normalized spacial score (nSPS) is 10.7. The molecule has 17 heavy (non-hydrogen) atoms. The standard InChI is InChI=1S/C11H15N5O/c1-4-7(2)5-12-11-14-9-8(10(17)15-11)16(3)6-13-9/h6H,2,4-5H2,1,3H3,(H2,12,14,15,17). The molecule has 2 aromatic heterocycles. The largest absolute Gasteiger partial charge is 0.352 e. The number of anilines is 1. The van der Waals surface area contributed by atoms with Crippen molar-refractivity contribution in [1.82, 2.24) is 19.5 Å². The highest BCUT2D eigenvalue weighted by Gasteiger charge is 2.07. The van der Waals surface area contributed by atoms with Gasteiger partial charge in [0.2, 0.25) is 5.95 Å². The number of fused-ring (bicyclic) bond motifs is 1. The first-order chi connectivity index (χ1) is 8.11. The van der Waals surface area contributed by atoms with Gasteiger partial charge in [-0.2, -0.15) is 4.98 Å². The minimum atomic E-state index is -0.195. The van der Waals surface area contributed by atoms with E-state index in [9.17, 15) is 4.79 Å². The molecule has 2 rings (SSSR count). The number of H-pyrrole nitrogens is 1. The van der Waals surface area contributed by atoms with Crippen molar-refractivity contribution in [3.63, 3.8) is 0 Å². The molecule has 6 heteroatoms. The maximum absolute atomic E-state index is 11.8. The summed E-state index contributed by atoms with van der Waals surface area (Å²) in [4.78, 5) is 22.7. The minimum Gasteiger partial charge on any atom is -0.352 e. The third-order valence-electron chi connectivity index (χ3n) is 2.59. The van der Waals surface area contributed by atoms with Crippen LogP contribution in [0.15, 0.2) is 23.3 Å². The van der Waals surface area contributed by atoms with E-state index in [-0.39, 0.29) is 5.56 Å². The van der Waals surface area contributed by atoms with E-state index in [1.807, 2.05) is 6.92 Å². The van der Waals surface area contributed by atoms with Gasteiger partial charge in [-0.1, -0.05) is 19.1 Å². The fourth-order valence-electron chi connectivity index (χ4n) is 1.48. The van der Waals surface area contributed by atoms with Crippen molar-refractivity contribution in [2.45, 2.75) is 13.3 Å². The van der Waals surface area contributed by atoms with Crippen molar-refractivity contribution in [3.8, 4) is 0 Å². The van der Waals surface area contributed by atoms with E-state index < -0.39 is 0 Å². The molecule has 2 heterocycles. The monoisotopic (exact) mass is 233 g/mol. The Balaban J connectivity index is 2.31. The number of nitrogens with zero attached hydrogens (tertiary/aromatic N) is 3. The molecule has 0 saturated heterocycles. The van der Waals surface area contributed by atoms with Crippen LogP contribution in [0, 0.1) is 0 Å². The molecular weight excluding hydrogens is 218 g/mol. The van der Waals surface area contributed by atoms with Crippen LogP contribution >= 0.6 is 0 Å². The van der Waals surface area contributed by atoms with Gasteiger partial charge in [-0.15, -0.1) is 0 Å². The Hall–Kier alpha value is -2.11. The maximum Gasteiger partial charge on any atom is 0.278 e. The second-order valence-corrected chi connectivity index (χ2v) is 3.90. The molecule has 6 nitrogen and oxygen atoms in total. The van der Waals surface area contributed by atoms with Gasteiger partial charge in [0, 0.05) is 13.6 Å².